The largest absolute Gasteiger partial charge is 0.371 e. The van der Waals surface area contributed by atoms with Gasteiger partial charge in [0.25, 0.3) is 0 Å². The predicted molar refractivity (Wildman–Crippen MR) is 62.0 cm³/mol. The summed E-state index contributed by atoms with van der Waals surface area (Å²) in [5.41, 5.74) is 1.95. The third kappa shape index (κ3) is 3.26. The summed E-state index contributed by atoms with van der Waals surface area (Å²) in [6, 6.07) is 0. The van der Waals surface area contributed by atoms with Crippen LogP contribution in [-0.4, -0.2) is 23.2 Å². The van der Waals surface area contributed by atoms with Crippen molar-refractivity contribution >= 4 is 11.3 Å². The first kappa shape index (κ1) is 11.0. The smallest absolute Gasteiger partial charge is 0.0794 e. The maximum Gasteiger partial charge on any atom is 0.0794 e. The summed E-state index contributed by atoms with van der Waals surface area (Å²) in [4.78, 5) is 5.33. The Bertz CT molecular complexity index is 298. The molecule has 3 nitrogen and oxygen atoms in total. The maximum atomic E-state index is 5.89. The number of hydrogen-bond donors (Lipinski definition) is 1. The molecule has 0 saturated carbocycles. The lowest BCUT2D eigenvalue weighted by Crippen LogP contribution is -2.28. The minimum absolute atomic E-state index is 0.0802. The molecule has 1 atom stereocenters. The van der Waals surface area contributed by atoms with E-state index in [9.17, 15) is 0 Å². The van der Waals surface area contributed by atoms with E-state index in [4.69, 9.17) is 4.74 Å². The van der Waals surface area contributed by atoms with Gasteiger partial charge in [0, 0.05) is 24.2 Å². The number of hydrogen-bond acceptors (Lipinski definition) is 4. The highest BCUT2D eigenvalue weighted by Crippen LogP contribution is 2.28. The summed E-state index contributed by atoms with van der Waals surface area (Å²) in [5.74, 6) is 0. The van der Waals surface area contributed by atoms with Crippen LogP contribution in [0.4, 0.5) is 0 Å². The van der Waals surface area contributed by atoms with Crippen molar-refractivity contribution in [1.29, 1.82) is 0 Å². The molecular weight excluding hydrogens is 208 g/mol. The van der Waals surface area contributed by atoms with Gasteiger partial charge in [-0.05, 0) is 26.7 Å². The van der Waals surface area contributed by atoms with Gasteiger partial charge in [-0.1, -0.05) is 0 Å². The summed E-state index contributed by atoms with van der Waals surface area (Å²) >= 11 is 1.69. The molecule has 0 bridgehead atoms. The van der Waals surface area contributed by atoms with Gasteiger partial charge in [0.1, 0.15) is 0 Å². The van der Waals surface area contributed by atoms with Gasteiger partial charge in [0.05, 0.1) is 17.2 Å². The van der Waals surface area contributed by atoms with E-state index in [0.29, 0.717) is 6.10 Å². The van der Waals surface area contributed by atoms with Crippen LogP contribution < -0.4 is 5.32 Å². The Hall–Kier alpha value is -0.450. The summed E-state index contributed by atoms with van der Waals surface area (Å²) in [7, 11) is 0. The highest BCUT2D eigenvalue weighted by Gasteiger charge is 2.30. The van der Waals surface area contributed by atoms with Crippen LogP contribution in [0.25, 0.3) is 0 Å². The minimum atomic E-state index is 0.0802. The Balaban J connectivity index is 1.67. The van der Waals surface area contributed by atoms with Crippen molar-refractivity contribution in [3.05, 3.63) is 16.6 Å². The number of thiazole rings is 1. The van der Waals surface area contributed by atoms with Gasteiger partial charge in [-0.15, -0.1) is 11.3 Å². The second-order valence-electron chi connectivity index (χ2n) is 4.64. The molecule has 0 aliphatic carbocycles. The van der Waals surface area contributed by atoms with E-state index in [1.807, 2.05) is 11.7 Å². The molecule has 2 rings (SSSR count). The first-order valence-electron chi connectivity index (χ1n) is 5.42. The van der Waals surface area contributed by atoms with Gasteiger partial charge in [-0.2, -0.15) is 0 Å². The van der Waals surface area contributed by atoms with E-state index in [1.165, 1.54) is 17.7 Å². The van der Waals surface area contributed by atoms with Gasteiger partial charge >= 0.3 is 0 Å². The first-order valence-corrected chi connectivity index (χ1v) is 6.30. The van der Waals surface area contributed by atoms with E-state index in [0.717, 1.165) is 13.1 Å². The van der Waals surface area contributed by atoms with Crippen molar-refractivity contribution in [2.45, 2.75) is 44.9 Å². The number of nitrogens with zero attached hydrogens (tertiary/aromatic N) is 1. The van der Waals surface area contributed by atoms with Crippen LogP contribution in [0.1, 0.15) is 31.6 Å². The molecule has 0 radical (unpaired) electrons. The predicted octanol–water partition coefficient (Wildman–Crippen LogP) is 2.19. The SMILES string of the molecule is CC1(C)CCC(CNCc2cncs2)O1. The maximum absolute atomic E-state index is 5.89. The van der Waals surface area contributed by atoms with Crippen LogP contribution in [0.5, 0.6) is 0 Å². The van der Waals surface area contributed by atoms with Gasteiger partial charge in [0.2, 0.25) is 0 Å². The third-order valence-electron chi connectivity index (χ3n) is 2.71. The molecule has 84 valence electrons. The Kier molecular flexibility index (Phi) is 3.38. The van der Waals surface area contributed by atoms with Crippen LogP contribution >= 0.6 is 11.3 Å². The van der Waals surface area contributed by atoms with Crippen molar-refractivity contribution in [3.8, 4) is 0 Å². The monoisotopic (exact) mass is 226 g/mol. The second-order valence-corrected chi connectivity index (χ2v) is 5.61. The molecule has 0 aromatic carbocycles. The Morgan fingerprint density at radius 3 is 3.13 bits per heavy atom. The quantitative estimate of drug-likeness (QED) is 0.854. The zero-order valence-electron chi connectivity index (χ0n) is 9.32. The van der Waals surface area contributed by atoms with Crippen LogP contribution in [-0.2, 0) is 11.3 Å². The Morgan fingerprint density at radius 2 is 2.53 bits per heavy atom. The van der Waals surface area contributed by atoms with E-state index in [2.05, 4.69) is 24.1 Å². The number of rotatable bonds is 4. The lowest BCUT2D eigenvalue weighted by Gasteiger charge is -2.19. The number of aromatic nitrogens is 1. The fourth-order valence-electron chi connectivity index (χ4n) is 1.91. The van der Waals surface area contributed by atoms with E-state index in [1.54, 1.807) is 11.3 Å². The molecular formula is C11H18N2OS. The third-order valence-corrected chi connectivity index (χ3v) is 3.49. The molecule has 1 unspecified atom stereocenters. The molecule has 1 N–H and O–H groups in total. The van der Waals surface area contributed by atoms with Crippen molar-refractivity contribution < 1.29 is 4.74 Å². The molecule has 4 heteroatoms. The Morgan fingerprint density at radius 1 is 1.67 bits per heavy atom. The van der Waals surface area contributed by atoms with Gasteiger partial charge < -0.3 is 10.1 Å². The van der Waals surface area contributed by atoms with Crippen LogP contribution in [0.3, 0.4) is 0 Å². The lowest BCUT2D eigenvalue weighted by atomic mass is 10.1. The normalized spacial score (nSPS) is 24.5. The molecule has 15 heavy (non-hydrogen) atoms. The molecule has 1 aliphatic rings. The first-order chi connectivity index (χ1) is 7.16. The van der Waals surface area contributed by atoms with Crippen LogP contribution in [0.15, 0.2) is 11.7 Å². The highest BCUT2D eigenvalue weighted by molar-refractivity contribution is 7.09. The molecule has 0 amide bonds. The number of ether oxygens (including phenoxy) is 1. The van der Waals surface area contributed by atoms with Crippen LogP contribution in [0.2, 0.25) is 0 Å². The standard InChI is InChI=1S/C11H18N2OS/c1-11(2)4-3-9(14-11)5-12-6-10-7-13-8-15-10/h7-9,12H,3-6H2,1-2H3. The zero-order valence-corrected chi connectivity index (χ0v) is 10.1. The average Bonchev–Trinajstić information content (AvgIpc) is 2.76. The molecule has 1 saturated heterocycles. The zero-order chi connectivity index (χ0) is 10.7. The average molecular weight is 226 g/mol. The highest BCUT2D eigenvalue weighted by atomic mass is 32.1. The van der Waals surface area contributed by atoms with E-state index in [-0.39, 0.29) is 5.60 Å². The van der Waals surface area contributed by atoms with Crippen molar-refractivity contribution in [2.75, 3.05) is 6.54 Å². The molecule has 1 aliphatic heterocycles. The Labute approximate surface area is 94.9 Å². The summed E-state index contributed by atoms with van der Waals surface area (Å²) in [6.07, 6.45) is 4.63. The fraction of sp³-hybridized carbons (Fsp3) is 0.727. The second kappa shape index (κ2) is 4.60. The van der Waals surface area contributed by atoms with Gasteiger partial charge in [-0.25, -0.2) is 0 Å². The molecule has 1 aromatic heterocycles. The van der Waals surface area contributed by atoms with Crippen molar-refractivity contribution in [2.24, 2.45) is 0 Å². The molecule has 2 heterocycles. The fourth-order valence-corrected chi connectivity index (χ4v) is 2.47. The van der Waals surface area contributed by atoms with E-state index < -0.39 is 0 Å². The summed E-state index contributed by atoms with van der Waals surface area (Å²) in [6.45, 7) is 6.18. The van der Waals surface area contributed by atoms with Gasteiger partial charge in [-0.3, -0.25) is 4.98 Å². The molecule has 1 aromatic rings. The number of nitrogens with one attached hydrogen (secondary N) is 1. The topological polar surface area (TPSA) is 34.2 Å². The summed E-state index contributed by atoms with van der Waals surface area (Å²) < 4.78 is 5.89. The van der Waals surface area contributed by atoms with Crippen molar-refractivity contribution in [3.63, 3.8) is 0 Å². The molecule has 0 spiro atoms. The molecule has 1 fully saturated rings. The van der Waals surface area contributed by atoms with E-state index >= 15 is 0 Å². The van der Waals surface area contributed by atoms with Gasteiger partial charge in [0.15, 0.2) is 0 Å². The lowest BCUT2D eigenvalue weighted by molar-refractivity contribution is -0.0142. The van der Waals surface area contributed by atoms with Crippen LogP contribution in [0, 0.1) is 0 Å². The summed E-state index contributed by atoms with van der Waals surface area (Å²) in [5, 5.41) is 3.41. The minimum Gasteiger partial charge on any atom is -0.371 e. The van der Waals surface area contributed by atoms with Crippen molar-refractivity contribution in [1.82, 2.24) is 10.3 Å².